The SMILES string of the molecule is CCCCCCCCCCCC(=O)O[C@H](CCCCCCCCCCC)CC(=O)N[C@@H]1[C@H](OC[C@H]2O[C@H](OCC=O)[C@@H](NC(=O)C[C@@H](CCCCCCCCCCC)OCc3ccccc3)[C@@H](OCc3ccccc3)[C@@H]2OCc2ccccc2)O[C@H](COCc2ccccc2)[C@@H](OP(=O)(OCc2ccccc2)OCc2ccccc2)[C@@H]1OCc1ccccc1. The van der Waals surface area contributed by atoms with Gasteiger partial charge in [-0.2, -0.15) is 0 Å². The molecular formula is C103H143N2O18P. The third kappa shape index (κ3) is 39.3. The largest absolute Gasteiger partial charge is 0.475 e. The van der Waals surface area contributed by atoms with E-state index in [2.05, 4.69) is 31.4 Å². The van der Waals surface area contributed by atoms with Crippen LogP contribution in [0.25, 0.3) is 0 Å². The first kappa shape index (κ1) is 100. The summed E-state index contributed by atoms with van der Waals surface area (Å²) in [6, 6.07) is 64.5. The second kappa shape index (κ2) is 60.9. The molecule has 7 aromatic rings. The maximum absolute atomic E-state index is 16.2. The summed E-state index contributed by atoms with van der Waals surface area (Å²) in [7, 11) is -4.79. The number of unbranched alkanes of at least 4 members (excludes halogenated alkanes) is 24. The fraction of sp³-hybridized carbons (Fsp3) is 0.553. The van der Waals surface area contributed by atoms with Crippen molar-refractivity contribution in [1.29, 1.82) is 0 Å². The number of phosphoric ester groups is 1. The molecule has 2 aliphatic rings. The Balaban J connectivity index is 1.10. The Hall–Kier alpha value is -7.63. The zero-order chi connectivity index (χ0) is 87.0. The van der Waals surface area contributed by atoms with Crippen LogP contribution in [-0.4, -0.2) is 117 Å². The molecule has 124 heavy (non-hydrogen) atoms. The molecule has 2 aliphatic heterocycles. The van der Waals surface area contributed by atoms with Gasteiger partial charge in [-0.1, -0.05) is 394 Å². The number of hydrogen-bond acceptors (Lipinski definition) is 18. The summed E-state index contributed by atoms with van der Waals surface area (Å²) < 4.78 is 106. The molecule has 20 nitrogen and oxygen atoms in total. The number of rotatable bonds is 67. The van der Waals surface area contributed by atoms with Gasteiger partial charge in [-0.15, -0.1) is 0 Å². The van der Waals surface area contributed by atoms with Crippen molar-refractivity contribution in [2.75, 3.05) is 19.8 Å². The molecule has 0 radical (unpaired) electrons. The van der Waals surface area contributed by atoms with Crippen LogP contribution in [0.15, 0.2) is 212 Å². The molecule has 2 fully saturated rings. The second-order valence-electron chi connectivity index (χ2n) is 33.2. The first-order valence-corrected chi connectivity index (χ1v) is 48.1. The van der Waals surface area contributed by atoms with Crippen molar-refractivity contribution in [2.24, 2.45) is 0 Å². The fourth-order valence-corrected chi connectivity index (χ4v) is 17.3. The first-order valence-electron chi connectivity index (χ1n) is 46.6. The van der Waals surface area contributed by atoms with Crippen LogP contribution in [0.1, 0.15) is 265 Å². The number of amides is 2. The van der Waals surface area contributed by atoms with Gasteiger partial charge in [-0.25, -0.2) is 4.57 Å². The van der Waals surface area contributed by atoms with Crippen molar-refractivity contribution in [3.05, 3.63) is 251 Å². The molecule has 2 saturated heterocycles. The summed E-state index contributed by atoms with van der Waals surface area (Å²) in [5.41, 5.74) is 5.61. The van der Waals surface area contributed by atoms with Gasteiger partial charge in [0.05, 0.1) is 78.4 Å². The van der Waals surface area contributed by atoms with Crippen LogP contribution in [0.5, 0.6) is 0 Å². The normalized spacial score (nSPS) is 19.5. The molecule has 2 amide bonds. The van der Waals surface area contributed by atoms with Gasteiger partial charge in [0.1, 0.15) is 67.7 Å². The molecule has 0 spiro atoms. The van der Waals surface area contributed by atoms with Gasteiger partial charge >= 0.3 is 13.8 Å². The average Bonchev–Trinajstić information content (AvgIpc) is 0.776. The van der Waals surface area contributed by atoms with Gasteiger partial charge in [-0.05, 0) is 64.6 Å². The highest BCUT2D eigenvalue weighted by Crippen LogP contribution is 2.54. The summed E-state index contributed by atoms with van der Waals surface area (Å²) in [5.74, 6) is -1.25. The number of ether oxygens (including phenoxy) is 10. The predicted molar refractivity (Wildman–Crippen MR) is 485 cm³/mol. The van der Waals surface area contributed by atoms with Crippen LogP contribution in [0.3, 0.4) is 0 Å². The molecular weight excluding hydrogens is 1580 g/mol. The van der Waals surface area contributed by atoms with E-state index in [9.17, 15) is 9.59 Å². The molecule has 0 unspecified atom stereocenters. The van der Waals surface area contributed by atoms with Gasteiger partial charge in [0.25, 0.3) is 0 Å². The van der Waals surface area contributed by atoms with Gasteiger partial charge in [0.2, 0.25) is 11.8 Å². The smallest absolute Gasteiger partial charge is 0.462 e. The molecule has 0 aromatic heterocycles. The lowest BCUT2D eigenvalue weighted by molar-refractivity contribution is -0.314. The molecule has 0 bridgehead atoms. The summed E-state index contributed by atoms with van der Waals surface area (Å²) in [6.45, 7) is 5.70. The number of aldehydes is 1. The summed E-state index contributed by atoms with van der Waals surface area (Å²) in [5, 5.41) is 6.62. The Kier molecular flexibility index (Phi) is 49.2. The van der Waals surface area contributed by atoms with E-state index in [1.807, 2.05) is 212 Å². The van der Waals surface area contributed by atoms with E-state index in [1.165, 1.54) is 89.9 Å². The van der Waals surface area contributed by atoms with Gasteiger partial charge in [0.15, 0.2) is 12.6 Å². The van der Waals surface area contributed by atoms with Crippen LogP contribution >= 0.6 is 7.82 Å². The lowest BCUT2D eigenvalue weighted by atomic mass is 9.94. The van der Waals surface area contributed by atoms with Crippen molar-refractivity contribution in [3.63, 3.8) is 0 Å². The predicted octanol–water partition coefficient (Wildman–Crippen LogP) is 22.6. The van der Waals surface area contributed by atoms with E-state index >= 15 is 14.2 Å². The highest BCUT2D eigenvalue weighted by molar-refractivity contribution is 7.48. The van der Waals surface area contributed by atoms with Crippen molar-refractivity contribution < 1.29 is 84.7 Å². The Morgan fingerprint density at radius 1 is 0.363 bits per heavy atom. The maximum Gasteiger partial charge on any atom is 0.475 e. The lowest BCUT2D eigenvalue weighted by Crippen LogP contribution is -2.68. The Morgan fingerprint density at radius 3 is 1.10 bits per heavy atom. The Labute approximate surface area is 740 Å². The number of hydrogen-bond donors (Lipinski definition) is 2. The van der Waals surface area contributed by atoms with Gasteiger partial charge in [0, 0.05) is 6.42 Å². The zero-order valence-electron chi connectivity index (χ0n) is 74.2. The van der Waals surface area contributed by atoms with Crippen LogP contribution < -0.4 is 10.6 Å². The van der Waals surface area contributed by atoms with E-state index in [0.29, 0.717) is 43.3 Å². The third-order valence-electron chi connectivity index (χ3n) is 22.9. The van der Waals surface area contributed by atoms with Crippen LogP contribution in [0.2, 0.25) is 0 Å². The molecule has 0 aliphatic carbocycles. The number of nitrogens with one attached hydrogen (secondary N) is 2. The zero-order valence-corrected chi connectivity index (χ0v) is 75.1. The van der Waals surface area contributed by atoms with E-state index < -0.39 is 93.8 Å². The lowest BCUT2D eigenvalue weighted by Gasteiger charge is -2.48. The third-order valence-corrected chi connectivity index (χ3v) is 24.3. The standard InChI is InChI=1S/C103H143N2O18P/c1-4-7-10-13-16-19-22-25-49-66-89(113-74-83-54-37-29-38-55-83)71-93(107)104-96-100(115-76-85-58-41-31-42-59-85)98(114-75-84-56-39-30-40-57-84)92(122-102(96)112-70-69-106)81-117-103-97(105-94(108)72-90(67-50-26-23-20-17-14-11-8-5-2)120-95(109)68-51-27-24-21-18-15-12-9-6-3)101(116-77-86-60-43-32-44-61-86)99(91(121-103)80-111-73-82-52-35-28-36-53-82)123-124(110,118-78-87-62-45-33-46-63-87)119-79-88-64-47-34-48-65-88/h28-48,52-65,69,89-92,96-103H,4-27,49-51,66-68,70-81H2,1-3H3,(H,104,107)(H,105,108)/t89-,90-,91-,92-,96+,97+,98-,99-,100-,101-,102+,103-/m1/s1. The Bertz CT molecular complexity index is 3910. The number of benzene rings is 7. The molecule has 678 valence electrons. The van der Waals surface area contributed by atoms with Crippen molar-refractivity contribution >= 4 is 31.9 Å². The molecule has 21 heteroatoms. The number of carbonyl (C=O) groups is 4. The minimum absolute atomic E-state index is 0.00956. The topological polar surface area (TPSA) is 229 Å². The van der Waals surface area contributed by atoms with E-state index in [4.69, 9.17) is 60.9 Å². The average molecular weight is 1730 g/mol. The first-order chi connectivity index (χ1) is 61.0. The summed E-state index contributed by atoms with van der Waals surface area (Å²) in [6.07, 6.45) is 19.8. The van der Waals surface area contributed by atoms with Crippen molar-refractivity contribution in [3.8, 4) is 0 Å². The highest BCUT2D eigenvalue weighted by atomic mass is 31.2. The summed E-state index contributed by atoms with van der Waals surface area (Å²) in [4.78, 5) is 58.0. The van der Waals surface area contributed by atoms with Crippen molar-refractivity contribution in [2.45, 2.75) is 346 Å². The summed E-state index contributed by atoms with van der Waals surface area (Å²) >= 11 is 0. The van der Waals surface area contributed by atoms with Crippen LogP contribution in [0, 0.1) is 0 Å². The van der Waals surface area contributed by atoms with E-state index in [-0.39, 0.29) is 84.0 Å². The highest BCUT2D eigenvalue weighted by Gasteiger charge is 2.54. The number of carbonyl (C=O) groups excluding carboxylic acids is 4. The minimum Gasteiger partial charge on any atom is -0.462 e. The van der Waals surface area contributed by atoms with Crippen LogP contribution in [-0.2, 0) is 131 Å². The maximum atomic E-state index is 16.2. The monoisotopic (exact) mass is 1730 g/mol. The molecule has 2 N–H and O–H groups in total. The number of phosphoric acid groups is 1. The minimum atomic E-state index is -4.79. The van der Waals surface area contributed by atoms with Crippen molar-refractivity contribution in [1.82, 2.24) is 10.6 Å². The molecule has 12 atom stereocenters. The van der Waals surface area contributed by atoms with E-state index in [1.54, 1.807) is 0 Å². The number of esters is 1. The molecule has 0 saturated carbocycles. The second-order valence-corrected chi connectivity index (χ2v) is 34.8. The van der Waals surface area contributed by atoms with Gasteiger partial charge < -0.3 is 62.8 Å². The van der Waals surface area contributed by atoms with E-state index in [0.717, 1.165) is 105 Å². The Morgan fingerprint density at radius 2 is 0.694 bits per heavy atom. The molecule has 2 heterocycles. The molecule has 7 aromatic carbocycles. The van der Waals surface area contributed by atoms with Crippen LogP contribution in [0.4, 0.5) is 0 Å². The quantitative estimate of drug-likeness (QED) is 0.0156. The van der Waals surface area contributed by atoms with Gasteiger partial charge in [-0.3, -0.25) is 28.0 Å². The fourth-order valence-electron chi connectivity index (χ4n) is 15.9. The molecule has 9 rings (SSSR count).